The van der Waals surface area contributed by atoms with E-state index in [1.54, 1.807) is 11.0 Å². The Kier molecular flexibility index (Phi) is 4.44. The van der Waals surface area contributed by atoms with Gasteiger partial charge in [0, 0.05) is 13.6 Å². The van der Waals surface area contributed by atoms with E-state index in [0.29, 0.717) is 13.1 Å². The van der Waals surface area contributed by atoms with Crippen molar-refractivity contribution in [1.29, 1.82) is 0 Å². The van der Waals surface area contributed by atoms with E-state index in [1.807, 2.05) is 27.9 Å². The third-order valence-corrected chi connectivity index (χ3v) is 3.10. The minimum atomic E-state index is -0.590. The van der Waals surface area contributed by atoms with Crippen molar-refractivity contribution in [3.63, 3.8) is 0 Å². The summed E-state index contributed by atoms with van der Waals surface area (Å²) in [6, 6.07) is 0. The molecular formula is C11H22N4O. The van der Waals surface area contributed by atoms with Crippen molar-refractivity contribution in [2.45, 2.75) is 38.8 Å². The first-order valence-electron chi connectivity index (χ1n) is 5.74. The molecule has 5 nitrogen and oxygen atoms in total. The number of hydrogen-bond acceptors (Lipinski definition) is 4. The number of hydrogen-bond donors (Lipinski definition) is 1. The van der Waals surface area contributed by atoms with Gasteiger partial charge >= 0.3 is 0 Å². The Morgan fingerprint density at radius 2 is 2.06 bits per heavy atom. The van der Waals surface area contributed by atoms with Crippen molar-refractivity contribution in [2.75, 3.05) is 13.6 Å². The van der Waals surface area contributed by atoms with Crippen LogP contribution < -0.4 is 0 Å². The first-order valence-corrected chi connectivity index (χ1v) is 5.74. The van der Waals surface area contributed by atoms with Gasteiger partial charge in [0.1, 0.15) is 12.2 Å². The number of rotatable bonds is 6. The average Bonchev–Trinajstić information content (AvgIpc) is 2.64. The van der Waals surface area contributed by atoms with Gasteiger partial charge in [-0.25, -0.2) is 4.98 Å². The summed E-state index contributed by atoms with van der Waals surface area (Å²) >= 11 is 0. The molecule has 16 heavy (non-hydrogen) atoms. The Hall–Kier alpha value is -0.940. The summed E-state index contributed by atoms with van der Waals surface area (Å²) in [5, 5.41) is 14.2. The van der Waals surface area contributed by atoms with Gasteiger partial charge in [-0.05, 0) is 19.9 Å². The Bertz CT molecular complexity index is 320. The van der Waals surface area contributed by atoms with Crippen LogP contribution in [0.4, 0.5) is 0 Å². The van der Waals surface area contributed by atoms with Gasteiger partial charge in [0.05, 0.1) is 12.1 Å². The number of aromatic nitrogens is 3. The molecule has 0 bridgehead atoms. The molecule has 0 unspecified atom stereocenters. The van der Waals surface area contributed by atoms with Crippen LogP contribution in [0.15, 0.2) is 6.33 Å². The summed E-state index contributed by atoms with van der Waals surface area (Å²) in [5.41, 5.74) is -0.590. The molecule has 1 heterocycles. The molecule has 0 amide bonds. The first-order chi connectivity index (χ1) is 7.50. The fourth-order valence-electron chi connectivity index (χ4n) is 1.74. The SMILES string of the molecule is CCC(O)(CC)CN(C)Cc1ncnn1C. The maximum absolute atomic E-state index is 10.2. The molecule has 92 valence electrons. The lowest BCUT2D eigenvalue weighted by Crippen LogP contribution is -2.40. The maximum atomic E-state index is 10.2. The summed E-state index contributed by atoms with van der Waals surface area (Å²) in [4.78, 5) is 6.25. The van der Waals surface area contributed by atoms with Crippen LogP contribution in [-0.2, 0) is 13.6 Å². The van der Waals surface area contributed by atoms with Gasteiger partial charge in [-0.15, -0.1) is 0 Å². The molecule has 0 atom stereocenters. The summed E-state index contributed by atoms with van der Waals surface area (Å²) in [6.45, 7) is 5.39. The third kappa shape index (κ3) is 3.28. The maximum Gasteiger partial charge on any atom is 0.140 e. The largest absolute Gasteiger partial charge is 0.389 e. The van der Waals surface area contributed by atoms with Crippen molar-refractivity contribution < 1.29 is 5.11 Å². The van der Waals surface area contributed by atoms with Gasteiger partial charge in [-0.1, -0.05) is 13.8 Å². The highest BCUT2D eigenvalue weighted by Gasteiger charge is 2.24. The van der Waals surface area contributed by atoms with E-state index < -0.39 is 5.60 Å². The van der Waals surface area contributed by atoms with Gasteiger partial charge in [0.2, 0.25) is 0 Å². The highest BCUT2D eigenvalue weighted by atomic mass is 16.3. The zero-order valence-electron chi connectivity index (χ0n) is 10.6. The average molecular weight is 226 g/mol. The molecule has 1 aromatic rings. The monoisotopic (exact) mass is 226 g/mol. The number of aliphatic hydroxyl groups is 1. The minimum absolute atomic E-state index is 0.590. The smallest absolute Gasteiger partial charge is 0.140 e. The predicted molar refractivity (Wildman–Crippen MR) is 62.9 cm³/mol. The second-order valence-corrected chi connectivity index (χ2v) is 4.40. The molecule has 0 fully saturated rings. The van der Waals surface area contributed by atoms with Crippen molar-refractivity contribution in [3.8, 4) is 0 Å². The van der Waals surface area contributed by atoms with Crippen molar-refractivity contribution in [1.82, 2.24) is 19.7 Å². The van der Waals surface area contributed by atoms with Crippen LogP contribution in [0.25, 0.3) is 0 Å². The van der Waals surface area contributed by atoms with Crippen LogP contribution in [-0.4, -0.2) is 44.0 Å². The second-order valence-electron chi connectivity index (χ2n) is 4.40. The summed E-state index contributed by atoms with van der Waals surface area (Å²) < 4.78 is 1.76. The van der Waals surface area contributed by atoms with Crippen molar-refractivity contribution >= 4 is 0 Å². The zero-order chi connectivity index (χ0) is 12.2. The Balaban J connectivity index is 2.53. The topological polar surface area (TPSA) is 54.2 Å². The molecule has 0 saturated heterocycles. The minimum Gasteiger partial charge on any atom is -0.389 e. The van der Waals surface area contributed by atoms with Gasteiger partial charge in [0.25, 0.3) is 0 Å². The number of aryl methyl sites for hydroxylation is 1. The van der Waals surface area contributed by atoms with E-state index in [4.69, 9.17) is 0 Å². The van der Waals surface area contributed by atoms with Gasteiger partial charge in [-0.2, -0.15) is 5.10 Å². The molecule has 0 aliphatic carbocycles. The second kappa shape index (κ2) is 5.41. The van der Waals surface area contributed by atoms with Crippen LogP contribution in [0.5, 0.6) is 0 Å². The Labute approximate surface area is 97.1 Å². The predicted octanol–water partition coefficient (Wildman–Crippen LogP) is 0.798. The molecule has 0 saturated carbocycles. The van der Waals surface area contributed by atoms with Crippen molar-refractivity contribution in [3.05, 3.63) is 12.2 Å². The highest BCUT2D eigenvalue weighted by molar-refractivity contribution is 4.85. The van der Waals surface area contributed by atoms with E-state index in [0.717, 1.165) is 18.7 Å². The van der Waals surface area contributed by atoms with Crippen LogP contribution in [0, 0.1) is 0 Å². The van der Waals surface area contributed by atoms with Crippen molar-refractivity contribution in [2.24, 2.45) is 7.05 Å². The van der Waals surface area contributed by atoms with E-state index in [9.17, 15) is 5.11 Å². The first kappa shape index (κ1) is 13.1. The molecule has 0 aliphatic heterocycles. The van der Waals surface area contributed by atoms with Crippen LogP contribution >= 0.6 is 0 Å². The lowest BCUT2D eigenvalue weighted by atomic mass is 9.97. The lowest BCUT2D eigenvalue weighted by molar-refractivity contribution is 0.000596. The molecule has 0 radical (unpaired) electrons. The molecule has 1 N–H and O–H groups in total. The van der Waals surface area contributed by atoms with Crippen LogP contribution in [0.1, 0.15) is 32.5 Å². The molecule has 0 spiro atoms. The Morgan fingerprint density at radius 3 is 2.50 bits per heavy atom. The standard InChI is InChI=1S/C11H22N4O/c1-5-11(16,6-2)8-14(3)7-10-12-9-13-15(10)4/h9,16H,5-8H2,1-4H3. The van der Waals surface area contributed by atoms with Gasteiger partial charge in [-0.3, -0.25) is 9.58 Å². The molecule has 0 aliphatic rings. The number of likely N-dealkylation sites (N-methyl/N-ethyl adjacent to an activating group) is 1. The summed E-state index contributed by atoms with van der Waals surface area (Å²) in [6.07, 6.45) is 3.09. The molecule has 0 aromatic carbocycles. The van der Waals surface area contributed by atoms with E-state index in [2.05, 4.69) is 15.0 Å². The fourth-order valence-corrected chi connectivity index (χ4v) is 1.74. The summed E-state index contributed by atoms with van der Waals surface area (Å²) in [5.74, 6) is 0.914. The van der Waals surface area contributed by atoms with E-state index in [1.165, 1.54) is 0 Å². The highest BCUT2D eigenvalue weighted by Crippen LogP contribution is 2.16. The number of nitrogens with zero attached hydrogens (tertiary/aromatic N) is 4. The molecule has 1 rings (SSSR count). The fraction of sp³-hybridized carbons (Fsp3) is 0.818. The quantitative estimate of drug-likeness (QED) is 0.779. The van der Waals surface area contributed by atoms with Gasteiger partial charge in [0.15, 0.2) is 0 Å². The lowest BCUT2D eigenvalue weighted by Gasteiger charge is -2.30. The molecule has 1 aromatic heterocycles. The Morgan fingerprint density at radius 1 is 1.44 bits per heavy atom. The zero-order valence-corrected chi connectivity index (χ0v) is 10.6. The normalized spacial score (nSPS) is 12.4. The van der Waals surface area contributed by atoms with Crippen LogP contribution in [0.2, 0.25) is 0 Å². The van der Waals surface area contributed by atoms with E-state index >= 15 is 0 Å². The molecular weight excluding hydrogens is 204 g/mol. The molecule has 5 heteroatoms. The van der Waals surface area contributed by atoms with Crippen LogP contribution in [0.3, 0.4) is 0 Å². The summed E-state index contributed by atoms with van der Waals surface area (Å²) in [7, 11) is 3.87. The van der Waals surface area contributed by atoms with E-state index in [-0.39, 0.29) is 0 Å². The third-order valence-electron chi connectivity index (χ3n) is 3.10. The van der Waals surface area contributed by atoms with Gasteiger partial charge < -0.3 is 5.11 Å².